The number of amides is 3. The molecule has 2 heterocycles. The third kappa shape index (κ3) is 3.25. The Hall–Kier alpha value is -1.92. The van der Waals surface area contributed by atoms with Gasteiger partial charge in [-0.1, -0.05) is 30.7 Å². The van der Waals surface area contributed by atoms with Crippen LogP contribution in [0.3, 0.4) is 0 Å². The van der Waals surface area contributed by atoms with Crippen molar-refractivity contribution in [2.45, 2.75) is 38.3 Å². The predicted octanol–water partition coefficient (Wildman–Crippen LogP) is 2.53. The molecule has 3 aliphatic rings. The number of carbonyl (C=O) groups excluding carboxylic acids is 3. The van der Waals surface area contributed by atoms with Gasteiger partial charge < -0.3 is 4.90 Å². The molecule has 4 rings (SSSR count). The second-order valence-electron chi connectivity index (χ2n) is 7.79. The monoisotopic (exact) mass is 389 g/mol. The second-order valence-corrected chi connectivity index (χ2v) is 8.23. The van der Waals surface area contributed by atoms with Crippen LogP contribution in [0.5, 0.6) is 0 Å². The first-order chi connectivity index (χ1) is 13.0. The highest BCUT2D eigenvalue weighted by Gasteiger charge is 2.53. The molecule has 2 aliphatic heterocycles. The number of halogens is 1. The smallest absolute Gasteiger partial charge is 0.308 e. The highest BCUT2D eigenvalue weighted by atomic mass is 35.5. The highest BCUT2D eigenvalue weighted by molar-refractivity contribution is 6.30. The SMILES string of the molecule is CCCN1C(=O)NC(=O)C2C3CC(c4ccc(Cl)cc4)CC(=O)C3CNC21. The molecule has 6 nitrogen and oxygen atoms in total. The maximum Gasteiger partial charge on any atom is 0.325 e. The van der Waals surface area contributed by atoms with Crippen molar-refractivity contribution in [1.29, 1.82) is 0 Å². The molecular formula is C20H24ClN3O3. The van der Waals surface area contributed by atoms with Crippen molar-refractivity contribution in [3.05, 3.63) is 34.9 Å². The Labute approximate surface area is 163 Å². The van der Waals surface area contributed by atoms with Gasteiger partial charge in [0.25, 0.3) is 0 Å². The van der Waals surface area contributed by atoms with E-state index in [1.165, 1.54) is 0 Å². The predicted molar refractivity (Wildman–Crippen MR) is 101 cm³/mol. The summed E-state index contributed by atoms with van der Waals surface area (Å²) in [6, 6.07) is 7.27. The van der Waals surface area contributed by atoms with E-state index in [1.807, 2.05) is 31.2 Å². The number of carbonyl (C=O) groups is 3. The Balaban J connectivity index is 1.63. The van der Waals surface area contributed by atoms with Crippen LogP contribution < -0.4 is 10.6 Å². The molecule has 144 valence electrons. The molecule has 2 N–H and O–H groups in total. The second kappa shape index (κ2) is 7.24. The average molecular weight is 390 g/mol. The summed E-state index contributed by atoms with van der Waals surface area (Å²) < 4.78 is 0. The summed E-state index contributed by atoms with van der Waals surface area (Å²) >= 11 is 5.99. The van der Waals surface area contributed by atoms with Crippen molar-refractivity contribution in [2.24, 2.45) is 17.8 Å². The fourth-order valence-corrected chi connectivity index (χ4v) is 5.11. The molecule has 3 fully saturated rings. The van der Waals surface area contributed by atoms with Crippen LogP contribution in [0.2, 0.25) is 5.02 Å². The van der Waals surface area contributed by atoms with Crippen LogP contribution in [-0.4, -0.2) is 41.9 Å². The molecular weight excluding hydrogens is 366 g/mol. The summed E-state index contributed by atoms with van der Waals surface area (Å²) in [6.45, 7) is 3.11. The molecule has 27 heavy (non-hydrogen) atoms. The largest absolute Gasteiger partial charge is 0.325 e. The molecule has 1 aliphatic carbocycles. The van der Waals surface area contributed by atoms with Gasteiger partial charge in [0.15, 0.2) is 0 Å². The van der Waals surface area contributed by atoms with Gasteiger partial charge in [0.2, 0.25) is 5.91 Å². The number of urea groups is 1. The number of benzene rings is 1. The van der Waals surface area contributed by atoms with Crippen molar-refractivity contribution in [1.82, 2.24) is 15.5 Å². The van der Waals surface area contributed by atoms with E-state index in [0.29, 0.717) is 24.5 Å². The summed E-state index contributed by atoms with van der Waals surface area (Å²) in [5.74, 6) is -0.609. The quantitative estimate of drug-likeness (QED) is 0.832. The van der Waals surface area contributed by atoms with Gasteiger partial charge in [0, 0.05) is 30.5 Å². The fraction of sp³-hybridized carbons (Fsp3) is 0.550. The molecule has 0 bridgehead atoms. The number of fused-ring (bicyclic) bond motifs is 3. The molecule has 0 aromatic heterocycles. The molecule has 2 saturated heterocycles. The number of nitrogens with one attached hydrogen (secondary N) is 2. The van der Waals surface area contributed by atoms with Crippen LogP contribution in [0.1, 0.15) is 37.7 Å². The zero-order valence-electron chi connectivity index (χ0n) is 15.3. The van der Waals surface area contributed by atoms with Gasteiger partial charge in [0.1, 0.15) is 5.78 Å². The number of Topliss-reactive ketones (excluding diaryl/α,β-unsaturated/α-hetero) is 1. The Kier molecular flexibility index (Phi) is 4.95. The van der Waals surface area contributed by atoms with Crippen molar-refractivity contribution >= 4 is 29.3 Å². The van der Waals surface area contributed by atoms with Gasteiger partial charge in [-0.15, -0.1) is 0 Å². The third-order valence-corrected chi connectivity index (χ3v) is 6.47. The summed E-state index contributed by atoms with van der Waals surface area (Å²) in [5, 5.41) is 6.48. The van der Waals surface area contributed by atoms with Crippen LogP contribution in [0.15, 0.2) is 24.3 Å². The fourth-order valence-electron chi connectivity index (χ4n) is 4.98. The molecule has 1 saturated carbocycles. The lowest BCUT2D eigenvalue weighted by Gasteiger charge is -2.51. The molecule has 1 aromatic carbocycles. The minimum atomic E-state index is -0.396. The molecule has 3 amide bonds. The summed E-state index contributed by atoms with van der Waals surface area (Å²) in [5.41, 5.74) is 1.08. The number of hydrogen-bond acceptors (Lipinski definition) is 4. The van der Waals surface area contributed by atoms with Crippen LogP contribution in [0, 0.1) is 17.8 Å². The third-order valence-electron chi connectivity index (χ3n) is 6.22. The Morgan fingerprint density at radius 1 is 1.19 bits per heavy atom. The van der Waals surface area contributed by atoms with Crippen LogP contribution >= 0.6 is 11.6 Å². The first-order valence-electron chi connectivity index (χ1n) is 9.62. The van der Waals surface area contributed by atoms with E-state index in [9.17, 15) is 14.4 Å². The van der Waals surface area contributed by atoms with Crippen LogP contribution in [0.25, 0.3) is 0 Å². The number of nitrogens with zero attached hydrogens (tertiary/aromatic N) is 1. The Morgan fingerprint density at radius 3 is 2.63 bits per heavy atom. The standard InChI is InChI=1S/C20H24ClN3O3/c1-2-7-24-18-17(19(26)23-20(24)27)14-8-12(9-16(25)15(14)10-22-18)11-3-5-13(21)6-4-11/h3-6,12,14-15,17-18,22H,2,7-10H2,1H3,(H,23,26,27). The van der Waals surface area contributed by atoms with E-state index in [-0.39, 0.29) is 41.6 Å². The number of hydrogen-bond donors (Lipinski definition) is 2. The van der Waals surface area contributed by atoms with Crippen LogP contribution in [-0.2, 0) is 9.59 Å². The maximum atomic E-state index is 12.9. The summed E-state index contributed by atoms with van der Waals surface area (Å²) in [7, 11) is 0. The Morgan fingerprint density at radius 2 is 1.93 bits per heavy atom. The van der Waals surface area contributed by atoms with Crippen molar-refractivity contribution < 1.29 is 14.4 Å². The molecule has 7 heteroatoms. The maximum absolute atomic E-state index is 12.9. The first-order valence-corrected chi connectivity index (χ1v) is 10.0. The molecule has 1 aromatic rings. The number of rotatable bonds is 3. The molecule has 0 radical (unpaired) electrons. The number of ketones is 1. The first kappa shape index (κ1) is 18.4. The van der Waals surface area contributed by atoms with Gasteiger partial charge in [-0.2, -0.15) is 0 Å². The lowest BCUT2D eigenvalue weighted by Crippen LogP contribution is -2.71. The highest BCUT2D eigenvalue weighted by Crippen LogP contribution is 2.45. The average Bonchev–Trinajstić information content (AvgIpc) is 2.64. The van der Waals surface area contributed by atoms with Crippen molar-refractivity contribution in [3.63, 3.8) is 0 Å². The molecule has 5 atom stereocenters. The van der Waals surface area contributed by atoms with E-state index in [1.54, 1.807) is 4.90 Å². The number of imide groups is 1. The molecule has 5 unspecified atom stereocenters. The zero-order valence-corrected chi connectivity index (χ0v) is 16.0. The topological polar surface area (TPSA) is 78.5 Å². The van der Waals surface area contributed by atoms with Gasteiger partial charge in [-0.05, 0) is 42.4 Å². The summed E-state index contributed by atoms with van der Waals surface area (Å²) in [6.07, 6.45) is 1.74. The number of piperidine rings is 1. The van der Waals surface area contributed by atoms with E-state index in [4.69, 9.17) is 11.6 Å². The van der Waals surface area contributed by atoms with Gasteiger partial charge in [0.05, 0.1) is 12.1 Å². The van der Waals surface area contributed by atoms with Crippen molar-refractivity contribution in [3.8, 4) is 0 Å². The van der Waals surface area contributed by atoms with E-state index in [2.05, 4.69) is 10.6 Å². The zero-order chi connectivity index (χ0) is 19.1. The Bertz CT molecular complexity index is 766. The van der Waals surface area contributed by atoms with Crippen molar-refractivity contribution in [2.75, 3.05) is 13.1 Å². The lowest BCUT2D eigenvalue weighted by atomic mass is 9.63. The van der Waals surface area contributed by atoms with E-state index >= 15 is 0 Å². The van der Waals surface area contributed by atoms with E-state index < -0.39 is 5.92 Å². The summed E-state index contributed by atoms with van der Waals surface area (Å²) in [4.78, 5) is 39.5. The van der Waals surface area contributed by atoms with E-state index in [0.717, 1.165) is 18.4 Å². The molecule has 0 spiro atoms. The minimum Gasteiger partial charge on any atom is -0.308 e. The van der Waals surface area contributed by atoms with Crippen LogP contribution in [0.4, 0.5) is 4.79 Å². The lowest BCUT2D eigenvalue weighted by molar-refractivity contribution is -0.141. The van der Waals surface area contributed by atoms with Gasteiger partial charge in [-0.25, -0.2) is 4.79 Å². The van der Waals surface area contributed by atoms with Gasteiger partial charge in [-0.3, -0.25) is 20.2 Å². The van der Waals surface area contributed by atoms with Gasteiger partial charge >= 0.3 is 6.03 Å². The normalized spacial score (nSPS) is 33.3. The minimum absolute atomic E-state index is 0.0642.